The van der Waals surface area contributed by atoms with E-state index in [1.165, 1.54) is 0 Å². The van der Waals surface area contributed by atoms with Crippen molar-refractivity contribution in [2.45, 2.75) is 0 Å². The average molecular weight is 561 g/mol. The van der Waals surface area contributed by atoms with E-state index in [2.05, 4.69) is 39.5 Å². The van der Waals surface area contributed by atoms with Gasteiger partial charge in [-0.15, -0.1) is 0 Å². The molecule has 0 amide bonds. The highest BCUT2D eigenvalue weighted by molar-refractivity contribution is 7.50. The van der Waals surface area contributed by atoms with Crippen molar-refractivity contribution in [3.63, 3.8) is 0 Å². The zero-order valence-electron chi connectivity index (χ0n) is 18.3. The molecule has 36 heavy (non-hydrogen) atoms. The van der Waals surface area contributed by atoms with E-state index in [0.717, 1.165) is 0 Å². The van der Waals surface area contributed by atoms with E-state index in [1.54, 1.807) is 0 Å². The second kappa shape index (κ2) is 12.9. The molecule has 0 aromatic rings. The molecule has 1 heterocycles. The molecule has 15 nitrogen and oxygen atoms in total. The third kappa shape index (κ3) is 8.28. The van der Waals surface area contributed by atoms with E-state index in [9.17, 15) is 28.8 Å². The first kappa shape index (κ1) is 30.5. The normalized spacial score (nSPS) is 18.3. The third-order valence-electron chi connectivity index (χ3n) is 2.93. The van der Waals surface area contributed by atoms with Crippen LogP contribution in [0.1, 0.15) is 0 Å². The van der Waals surface area contributed by atoms with E-state index in [4.69, 9.17) is 29.0 Å². The highest BCUT2D eigenvalue weighted by Crippen LogP contribution is 2.71. The van der Waals surface area contributed by atoms with Crippen molar-refractivity contribution < 1.29 is 70.8 Å². The summed E-state index contributed by atoms with van der Waals surface area (Å²) in [6.07, 6.45) is 3.91. The summed E-state index contributed by atoms with van der Waals surface area (Å²) < 4.78 is -5.36. The average Bonchev–Trinajstić information content (AvgIpc) is 2.82. The molecule has 0 aromatic carbocycles. The largest absolute Gasteiger partial charge is 0.388 e. The van der Waals surface area contributed by atoms with Crippen molar-refractivity contribution in [2.75, 3.05) is 0 Å². The minimum atomic E-state index is -1.79. The lowest BCUT2D eigenvalue weighted by atomic mass is 10.7. The van der Waals surface area contributed by atoms with E-state index in [1.807, 2.05) is 0 Å². The maximum Gasteiger partial charge on any atom is 0.388 e. The minimum Gasteiger partial charge on any atom is -0.279 e. The van der Waals surface area contributed by atoms with Crippen molar-refractivity contribution >= 4 is 62.5 Å². The summed E-state index contributed by atoms with van der Waals surface area (Å²) in [5.74, 6) is -7.43. The molecule has 1 saturated heterocycles. The van der Waals surface area contributed by atoms with Crippen LogP contribution in [0, 0.1) is 0 Å². The molecule has 1 rings (SSSR count). The lowest BCUT2D eigenvalue weighted by molar-refractivity contribution is -1.19. The van der Waals surface area contributed by atoms with Gasteiger partial charge in [-0.25, -0.2) is 28.8 Å². The van der Waals surface area contributed by atoms with Gasteiger partial charge in [0.25, 0.3) is 0 Å². The number of hydrogen-bond acceptors (Lipinski definition) is 12. The van der Waals surface area contributed by atoms with Crippen LogP contribution in [-0.4, -0.2) is 48.9 Å². The molecule has 0 aromatic heterocycles. The molecular formula is C18H18N3O12P3. The molecule has 0 bridgehead atoms. The summed E-state index contributed by atoms with van der Waals surface area (Å²) in [7, 11) is -2.08. The lowest BCUT2D eigenvalue weighted by Gasteiger charge is -2.60. The van der Waals surface area contributed by atoms with Crippen molar-refractivity contribution in [1.82, 2.24) is 0 Å². The number of hydrogen-bond donors (Lipinski definition) is 0. The topological polar surface area (TPSA) is 158 Å². The van der Waals surface area contributed by atoms with Crippen molar-refractivity contribution in [3.8, 4) is 0 Å². The van der Waals surface area contributed by atoms with Crippen LogP contribution >= 0.6 is 26.6 Å². The van der Waals surface area contributed by atoms with Gasteiger partial charge >= 0.3 is 35.8 Å². The Morgan fingerprint density at radius 1 is 0.389 bits per heavy atom. The van der Waals surface area contributed by atoms with Crippen molar-refractivity contribution in [2.24, 2.45) is 0 Å². The number of rotatable bonds is 12. The Morgan fingerprint density at radius 3 is 0.639 bits per heavy atom. The number of quaternary nitrogens is 3. The first-order valence-electron chi connectivity index (χ1n) is 8.93. The SMILES string of the molecule is C=CC(=O)O[N+]1(OC(=O)C=C)[P-][N+](OC(=O)C=C)(OC(=O)C=C)[P-][N+](OC(=O)C=C)(OC(=O)C=C)[P-]1. The van der Waals surface area contributed by atoms with Crippen LogP contribution in [-0.2, 0) is 57.8 Å². The van der Waals surface area contributed by atoms with Crippen LogP contribution in [0.4, 0.5) is 0 Å². The third-order valence-corrected chi connectivity index (χ3v) is 6.71. The molecule has 1 aliphatic rings. The van der Waals surface area contributed by atoms with Gasteiger partial charge in [-0.1, -0.05) is 52.5 Å². The van der Waals surface area contributed by atoms with E-state index in [-0.39, 0.29) is 0 Å². The predicted octanol–water partition coefficient (Wildman–Crippen LogP) is 2.64. The van der Waals surface area contributed by atoms with E-state index < -0.39 is 75.5 Å². The Balaban J connectivity index is 4.00. The molecule has 0 saturated carbocycles. The fraction of sp³-hybridized carbons (Fsp3) is 0. The summed E-state index contributed by atoms with van der Waals surface area (Å²) in [4.78, 5) is 104. The van der Waals surface area contributed by atoms with Crippen LogP contribution < -0.4 is 0 Å². The zero-order chi connectivity index (χ0) is 27.6. The van der Waals surface area contributed by atoms with Gasteiger partial charge in [0.05, 0.1) is 0 Å². The first-order chi connectivity index (χ1) is 16.8. The van der Waals surface area contributed by atoms with Gasteiger partial charge in [0.1, 0.15) is 26.6 Å². The molecule has 0 spiro atoms. The lowest BCUT2D eigenvalue weighted by Crippen LogP contribution is -2.56. The van der Waals surface area contributed by atoms with Gasteiger partial charge in [0.2, 0.25) is 0 Å². The Kier molecular flexibility index (Phi) is 10.9. The van der Waals surface area contributed by atoms with Crippen LogP contribution in [0.5, 0.6) is 0 Å². The highest BCUT2D eigenvalue weighted by atomic mass is 31.2. The summed E-state index contributed by atoms with van der Waals surface area (Å²) in [5.41, 5.74) is 0. The van der Waals surface area contributed by atoms with Gasteiger partial charge in [-0.3, -0.25) is 29.0 Å². The molecule has 192 valence electrons. The van der Waals surface area contributed by atoms with Crippen LogP contribution in [0.25, 0.3) is 0 Å². The number of nitrogens with zero attached hydrogens (tertiary/aromatic N) is 3. The molecule has 0 N–H and O–H groups in total. The Morgan fingerprint density at radius 2 is 0.528 bits per heavy atom. The molecule has 1 aliphatic heterocycles. The Hall–Kier alpha value is -3.57. The maximum absolute atomic E-state index is 12.2. The summed E-state index contributed by atoms with van der Waals surface area (Å²) >= 11 is 0. The molecule has 18 heteroatoms. The molecule has 0 radical (unpaired) electrons. The summed E-state index contributed by atoms with van der Waals surface area (Å²) in [6, 6.07) is 0. The van der Waals surface area contributed by atoms with E-state index in [0.29, 0.717) is 36.5 Å². The zero-order valence-corrected chi connectivity index (χ0v) is 21.0. The number of carbonyl (C=O) groups is 6. The van der Waals surface area contributed by atoms with Gasteiger partial charge in [-0.05, 0) is 0 Å². The fourth-order valence-electron chi connectivity index (χ4n) is 1.68. The van der Waals surface area contributed by atoms with Gasteiger partial charge in [0.15, 0.2) is 0 Å². The van der Waals surface area contributed by atoms with Gasteiger partial charge < -0.3 is 0 Å². The molecule has 1 fully saturated rings. The second-order valence-corrected chi connectivity index (χ2v) is 10.1. The second-order valence-electron chi connectivity index (χ2n) is 5.43. The quantitative estimate of drug-likeness (QED) is 0.254. The van der Waals surface area contributed by atoms with Crippen LogP contribution in [0.2, 0.25) is 0 Å². The predicted molar refractivity (Wildman–Crippen MR) is 119 cm³/mol. The molecule has 0 atom stereocenters. The summed E-state index contributed by atoms with van der Waals surface area (Å²) in [5, 5.41) is 0. The molecule has 0 aliphatic carbocycles. The van der Waals surface area contributed by atoms with Crippen molar-refractivity contribution in [3.05, 3.63) is 75.9 Å². The highest BCUT2D eigenvalue weighted by Gasteiger charge is 2.54. The fourth-order valence-corrected chi connectivity index (χ4v) is 6.84. The van der Waals surface area contributed by atoms with Crippen LogP contribution in [0.3, 0.4) is 0 Å². The smallest absolute Gasteiger partial charge is 0.279 e. The Bertz CT molecular complexity index is 837. The standard InChI is InChI=1S/C18H18N3O12P3/c1-7-13(22)28-19(29-14(23)8-2)34-20(30-15(24)9-3,31-16(25)10-4)36-21(35-19,32-17(26)11-5)33-18(27)12-6/h7-12H,1-6H2. The monoisotopic (exact) mass is 561 g/mol. The maximum atomic E-state index is 12.2. The van der Waals surface area contributed by atoms with Gasteiger partial charge in [-0.2, -0.15) is 0 Å². The summed E-state index contributed by atoms with van der Waals surface area (Å²) in [6.45, 7) is 19.3. The molecule has 0 unspecified atom stereocenters. The van der Waals surface area contributed by atoms with Gasteiger partial charge in [0, 0.05) is 36.5 Å². The number of carbonyl (C=O) groups excluding carboxylic acids is 6. The van der Waals surface area contributed by atoms with E-state index >= 15 is 0 Å². The Labute approximate surface area is 209 Å². The van der Waals surface area contributed by atoms with Crippen LogP contribution in [0.15, 0.2) is 75.9 Å². The van der Waals surface area contributed by atoms with Crippen molar-refractivity contribution in [1.29, 1.82) is 0 Å². The first-order valence-corrected chi connectivity index (χ1v) is 11.3. The molecular weight excluding hydrogens is 543 g/mol. The minimum absolute atomic E-state index is 0.652.